The highest BCUT2D eigenvalue weighted by Crippen LogP contribution is 2.26. The molecule has 2 amide bonds. The molecule has 0 saturated carbocycles. The molecule has 174 valence electrons. The largest absolute Gasteiger partial charge is 0.403 e. The number of hydrogen-bond donors (Lipinski definition) is 3. The third kappa shape index (κ3) is 6.57. The van der Waals surface area contributed by atoms with E-state index >= 15 is 0 Å². The average Bonchev–Trinajstić information content (AvgIpc) is 3.15. The zero-order valence-corrected chi connectivity index (χ0v) is 18.7. The Morgan fingerprint density at radius 1 is 1.23 bits per heavy atom. The summed E-state index contributed by atoms with van der Waals surface area (Å²) in [5.41, 5.74) is 11.7. The van der Waals surface area contributed by atoms with E-state index in [1.807, 2.05) is 20.8 Å². The number of halogens is 4. The highest BCUT2D eigenvalue weighted by Gasteiger charge is 2.39. The lowest BCUT2D eigenvalue weighted by Gasteiger charge is -2.32. The summed E-state index contributed by atoms with van der Waals surface area (Å²) < 4.78 is 38.6. The van der Waals surface area contributed by atoms with E-state index in [4.69, 9.17) is 23.1 Å². The first-order chi connectivity index (χ1) is 14.2. The molecule has 1 aliphatic rings. The van der Waals surface area contributed by atoms with Crippen molar-refractivity contribution in [2.24, 2.45) is 16.9 Å². The molecule has 1 saturated heterocycles. The van der Waals surface area contributed by atoms with Crippen molar-refractivity contribution in [1.82, 2.24) is 10.2 Å². The second-order valence-electron chi connectivity index (χ2n) is 9.02. The van der Waals surface area contributed by atoms with E-state index in [0.717, 1.165) is 0 Å². The predicted molar refractivity (Wildman–Crippen MR) is 113 cm³/mol. The summed E-state index contributed by atoms with van der Waals surface area (Å²) in [6.45, 7) is 5.97. The molecule has 1 aliphatic heterocycles. The van der Waals surface area contributed by atoms with Crippen LogP contribution in [0.5, 0.6) is 0 Å². The van der Waals surface area contributed by atoms with Crippen LogP contribution in [0.3, 0.4) is 0 Å². The number of nitrogens with one attached hydrogen (secondary N) is 1. The molecule has 1 aromatic carbocycles. The summed E-state index contributed by atoms with van der Waals surface area (Å²) in [5, 5.41) is 3.06. The van der Waals surface area contributed by atoms with Crippen LogP contribution in [-0.2, 0) is 22.6 Å². The molecule has 1 unspecified atom stereocenters. The van der Waals surface area contributed by atoms with Crippen molar-refractivity contribution in [2.75, 3.05) is 6.54 Å². The number of likely N-dealkylation sites (tertiary alicyclic amines) is 1. The minimum atomic E-state index is -4.53. The fourth-order valence-corrected chi connectivity index (χ4v) is 3.66. The Balaban J connectivity index is 2.10. The number of alkyl halides is 3. The maximum Gasteiger partial charge on any atom is 0.403 e. The van der Waals surface area contributed by atoms with Gasteiger partial charge in [-0.25, -0.2) is 0 Å². The number of benzene rings is 1. The summed E-state index contributed by atoms with van der Waals surface area (Å²) >= 11 is 5.99. The third-order valence-corrected chi connectivity index (χ3v) is 5.75. The van der Waals surface area contributed by atoms with Crippen LogP contribution in [0, 0.1) is 5.41 Å². The minimum absolute atomic E-state index is 0.0246. The minimum Gasteiger partial charge on any atom is -0.350 e. The van der Waals surface area contributed by atoms with Gasteiger partial charge in [0.1, 0.15) is 12.1 Å². The molecule has 10 heteroatoms. The van der Waals surface area contributed by atoms with E-state index in [2.05, 4.69) is 5.32 Å². The summed E-state index contributed by atoms with van der Waals surface area (Å²) in [6, 6.07) is 1.03. The monoisotopic (exact) mass is 462 g/mol. The number of amides is 2. The number of carbonyl (C=O) groups is 2. The van der Waals surface area contributed by atoms with E-state index in [1.165, 1.54) is 23.1 Å². The predicted octanol–water partition coefficient (Wildman–Crippen LogP) is 2.75. The number of nitrogens with zero attached hydrogens (tertiary/aromatic N) is 1. The maximum absolute atomic E-state index is 12.9. The lowest BCUT2D eigenvalue weighted by atomic mass is 9.86. The summed E-state index contributed by atoms with van der Waals surface area (Å²) in [5.74, 6) is -0.664. The fraction of sp³-hybridized carbons (Fsp3) is 0.619. The van der Waals surface area contributed by atoms with E-state index in [0.29, 0.717) is 35.5 Å². The third-order valence-electron chi connectivity index (χ3n) is 5.52. The summed E-state index contributed by atoms with van der Waals surface area (Å²) in [4.78, 5) is 27.1. The van der Waals surface area contributed by atoms with Gasteiger partial charge in [-0.15, -0.1) is 0 Å². The van der Waals surface area contributed by atoms with Gasteiger partial charge in [-0.3, -0.25) is 9.59 Å². The van der Waals surface area contributed by atoms with Gasteiger partial charge in [0.15, 0.2) is 0 Å². The van der Waals surface area contributed by atoms with Crippen molar-refractivity contribution in [3.63, 3.8) is 0 Å². The quantitative estimate of drug-likeness (QED) is 0.605. The molecule has 0 bridgehead atoms. The molecule has 0 radical (unpaired) electrons. The van der Waals surface area contributed by atoms with Crippen LogP contribution in [-0.4, -0.2) is 47.6 Å². The van der Waals surface area contributed by atoms with Crippen molar-refractivity contribution >= 4 is 23.4 Å². The van der Waals surface area contributed by atoms with Gasteiger partial charge in [0.25, 0.3) is 0 Å². The molecule has 6 nitrogen and oxygen atoms in total. The van der Waals surface area contributed by atoms with Crippen LogP contribution >= 0.6 is 11.6 Å². The molecule has 31 heavy (non-hydrogen) atoms. The molecular formula is C21H30ClF3N4O2. The first-order valence-corrected chi connectivity index (χ1v) is 10.5. The smallest absolute Gasteiger partial charge is 0.350 e. The first-order valence-electron chi connectivity index (χ1n) is 10.1. The zero-order chi connectivity index (χ0) is 23.6. The Morgan fingerprint density at radius 2 is 1.87 bits per heavy atom. The van der Waals surface area contributed by atoms with Crippen LogP contribution in [0.25, 0.3) is 0 Å². The molecule has 3 atom stereocenters. The topological polar surface area (TPSA) is 101 Å². The summed E-state index contributed by atoms with van der Waals surface area (Å²) in [6.07, 6.45) is -3.80. The normalized spacial score (nSPS) is 19.3. The van der Waals surface area contributed by atoms with Gasteiger partial charge >= 0.3 is 6.18 Å². The molecule has 2 rings (SSSR count). The van der Waals surface area contributed by atoms with Crippen molar-refractivity contribution in [3.8, 4) is 0 Å². The molecule has 1 heterocycles. The van der Waals surface area contributed by atoms with Crippen molar-refractivity contribution in [3.05, 3.63) is 34.3 Å². The van der Waals surface area contributed by atoms with Gasteiger partial charge in [-0.1, -0.05) is 38.4 Å². The molecule has 1 aromatic rings. The standard InChI is InChI=1S/C21H30ClF3N4O2/c1-20(2,3)17(27)19(31)29-8-4-5-15(29)18(30)28-11-13-9-14(22)7-6-12(13)10-16(26)21(23,24)25/h6-7,9,15-17H,4-5,8,10-11,26-27H2,1-3H3,(H,28,30)/t15-,16?,17-/m0/s1. The Hall–Kier alpha value is -1.84. The van der Waals surface area contributed by atoms with Gasteiger partial charge in [0.2, 0.25) is 11.8 Å². The van der Waals surface area contributed by atoms with Crippen molar-refractivity contribution < 1.29 is 22.8 Å². The number of hydrogen-bond acceptors (Lipinski definition) is 4. The molecule has 1 fully saturated rings. The van der Waals surface area contributed by atoms with Gasteiger partial charge < -0.3 is 21.7 Å². The molecule has 5 N–H and O–H groups in total. The zero-order valence-electron chi connectivity index (χ0n) is 17.9. The second-order valence-corrected chi connectivity index (χ2v) is 9.45. The maximum atomic E-state index is 12.9. The van der Waals surface area contributed by atoms with Crippen LogP contribution in [0.15, 0.2) is 18.2 Å². The highest BCUT2D eigenvalue weighted by atomic mass is 35.5. The van der Waals surface area contributed by atoms with Gasteiger partial charge in [0, 0.05) is 18.1 Å². The van der Waals surface area contributed by atoms with Crippen LogP contribution in [0.1, 0.15) is 44.7 Å². The van der Waals surface area contributed by atoms with E-state index < -0.39 is 36.1 Å². The average molecular weight is 463 g/mol. The molecule has 0 spiro atoms. The Kier molecular flexibility index (Phi) is 7.99. The number of nitrogens with two attached hydrogens (primary N) is 2. The van der Waals surface area contributed by atoms with Gasteiger partial charge in [-0.05, 0) is 47.9 Å². The second kappa shape index (κ2) is 9.75. The Bertz CT molecular complexity index is 811. The van der Waals surface area contributed by atoms with Crippen LogP contribution in [0.4, 0.5) is 13.2 Å². The highest BCUT2D eigenvalue weighted by molar-refractivity contribution is 6.30. The van der Waals surface area contributed by atoms with E-state index in [1.54, 1.807) is 0 Å². The van der Waals surface area contributed by atoms with E-state index in [-0.39, 0.29) is 18.4 Å². The lowest BCUT2D eigenvalue weighted by molar-refractivity contribution is -0.147. The SMILES string of the molecule is CC(C)(C)[C@@H](N)C(=O)N1CCC[C@H]1C(=O)NCc1cc(Cl)ccc1CC(N)C(F)(F)F. The van der Waals surface area contributed by atoms with Crippen molar-refractivity contribution in [2.45, 2.75) is 70.9 Å². The molecule has 0 aliphatic carbocycles. The lowest BCUT2D eigenvalue weighted by Crippen LogP contribution is -2.54. The Labute approximate surface area is 185 Å². The summed E-state index contributed by atoms with van der Waals surface area (Å²) in [7, 11) is 0. The number of rotatable bonds is 6. The van der Waals surface area contributed by atoms with Crippen molar-refractivity contribution in [1.29, 1.82) is 0 Å². The Morgan fingerprint density at radius 3 is 2.45 bits per heavy atom. The first kappa shape index (κ1) is 25.4. The number of carbonyl (C=O) groups excluding carboxylic acids is 2. The fourth-order valence-electron chi connectivity index (χ4n) is 3.46. The van der Waals surface area contributed by atoms with Crippen LogP contribution < -0.4 is 16.8 Å². The molecule has 0 aromatic heterocycles. The van der Waals surface area contributed by atoms with Crippen LogP contribution in [0.2, 0.25) is 5.02 Å². The van der Waals surface area contributed by atoms with Gasteiger partial charge in [0.05, 0.1) is 6.04 Å². The van der Waals surface area contributed by atoms with Gasteiger partial charge in [-0.2, -0.15) is 13.2 Å². The molecular weight excluding hydrogens is 433 g/mol. The van der Waals surface area contributed by atoms with E-state index in [9.17, 15) is 22.8 Å².